The van der Waals surface area contributed by atoms with Crippen LogP contribution in [0.1, 0.15) is 5.69 Å². The Kier molecular flexibility index (Phi) is 6.57. The molecule has 13 nitrogen and oxygen atoms in total. The van der Waals surface area contributed by atoms with Gasteiger partial charge in [-0.25, -0.2) is 20.1 Å². The number of nitrogens with zero attached hydrogens (tertiary/aromatic N) is 3. The van der Waals surface area contributed by atoms with E-state index in [9.17, 15) is 24.3 Å². The number of carbonyl (C=O) groups is 4. The highest BCUT2D eigenvalue weighted by atomic mass is 32.2. The third-order valence-electron chi connectivity index (χ3n) is 4.13. The first-order chi connectivity index (χ1) is 14.8. The molecule has 1 saturated heterocycles. The molecule has 0 aliphatic carbocycles. The number of oxime groups is 1. The lowest BCUT2D eigenvalue weighted by molar-refractivity contribution is -0.150. The third kappa shape index (κ3) is 4.37. The second-order valence-corrected chi connectivity index (χ2v) is 7.96. The zero-order chi connectivity index (χ0) is 22.7. The van der Waals surface area contributed by atoms with Gasteiger partial charge in [0.2, 0.25) is 11.7 Å². The van der Waals surface area contributed by atoms with E-state index in [4.69, 9.17) is 10.3 Å². The van der Waals surface area contributed by atoms with Crippen LogP contribution >= 0.6 is 23.1 Å². The molecule has 15 heteroatoms. The number of aliphatic carboxylic acids is 2. The van der Waals surface area contributed by atoms with E-state index in [1.54, 1.807) is 5.48 Å². The number of amides is 2. The van der Waals surface area contributed by atoms with Crippen LogP contribution < -0.4 is 10.8 Å². The lowest BCUT2D eigenvalue weighted by Gasteiger charge is -2.49. The first-order valence-corrected chi connectivity index (χ1v) is 10.3. The van der Waals surface area contributed by atoms with Crippen molar-refractivity contribution in [3.63, 3.8) is 0 Å². The Hall–Kier alpha value is -3.43. The highest BCUT2D eigenvalue weighted by Gasteiger charge is 2.54. The Balaban J connectivity index is 1.80. The molecule has 1 fully saturated rings. The number of aromatic nitrogens is 1. The second-order valence-electron chi connectivity index (χ2n) is 6.00. The number of carboxylic acid groups (broad SMARTS) is 2. The van der Waals surface area contributed by atoms with Gasteiger partial charge in [-0.2, -0.15) is 0 Å². The van der Waals surface area contributed by atoms with E-state index in [2.05, 4.69) is 26.9 Å². The average molecular weight is 469 g/mol. The van der Waals surface area contributed by atoms with E-state index < -0.39 is 47.5 Å². The topological polar surface area (TPSA) is 191 Å². The minimum atomic E-state index is -1.33. The standard InChI is InChI=1S/C16H15N5O8S2/c1-2-6-4-30-14-10(13(25)21(14)11(6)15(26)27)18-12(24)9(20-29-3-8(22)23)7-5-31-16(17-7)19-28/h2,5,10,14,28H,1,3-4H2,(H,17,19)(H,18,24)(H,22,23)(H,26,27)/b20-9-/t10-,14-/m1/s1. The summed E-state index contributed by atoms with van der Waals surface area (Å²) in [5.41, 5.74) is 1.54. The molecule has 2 amide bonds. The zero-order valence-corrected chi connectivity index (χ0v) is 17.1. The Morgan fingerprint density at radius 3 is 2.74 bits per heavy atom. The first kappa shape index (κ1) is 22.3. The van der Waals surface area contributed by atoms with E-state index in [0.29, 0.717) is 5.57 Å². The largest absolute Gasteiger partial charge is 0.479 e. The van der Waals surface area contributed by atoms with Gasteiger partial charge in [-0.1, -0.05) is 17.8 Å². The number of rotatable bonds is 9. The van der Waals surface area contributed by atoms with E-state index in [1.165, 1.54) is 23.2 Å². The predicted molar refractivity (Wildman–Crippen MR) is 108 cm³/mol. The summed E-state index contributed by atoms with van der Waals surface area (Å²) in [5, 5.41) is 33.7. The molecule has 2 atom stereocenters. The number of fused-ring (bicyclic) bond motifs is 1. The lowest BCUT2D eigenvalue weighted by atomic mass is 10.0. The van der Waals surface area contributed by atoms with Gasteiger partial charge in [0.05, 0.1) is 0 Å². The molecule has 2 aliphatic heterocycles. The van der Waals surface area contributed by atoms with Gasteiger partial charge in [0, 0.05) is 11.1 Å². The van der Waals surface area contributed by atoms with Crippen molar-refractivity contribution in [3.8, 4) is 0 Å². The molecule has 1 aromatic rings. The highest BCUT2D eigenvalue weighted by molar-refractivity contribution is 8.00. The van der Waals surface area contributed by atoms with Crippen molar-refractivity contribution in [3.05, 3.63) is 35.0 Å². The van der Waals surface area contributed by atoms with Crippen molar-refractivity contribution in [2.24, 2.45) is 5.16 Å². The zero-order valence-electron chi connectivity index (χ0n) is 15.5. The molecule has 0 spiro atoms. The van der Waals surface area contributed by atoms with E-state index in [-0.39, 0.29) is 22.3 Å². The molecule has 31 heavy (non-hydrogen) atoms. The molecular formula is C16H15N5O8S2. The highest BCUT2D eigenvalue weighted by Crippen LogP contribution is 2.40. The van der Waals surface area contributed by atoms with Crippen LogP contribution in [0.15, 0.2) is 34.5 Å². The van der Waals surface area contributed by atoms with E-state index in [0.717, 1.165) is 16.2 Å². The molecule has 2 aliphatic rings. The monoisotopic (exact) mass is 469 g/mol. The van der Waals surface area contributed by atoms with Crippen LogP contribution in [0.5, 0.6) is 0 Å². The number of hydrogen-bond donors (Lipinski definition) is 5. The molecule has 0 radical (unpaired) electrons. The number of carbonyl (C=O) groups excluding carboxylic acids is 2. The number of hydrogen-bond acceptors (Lipinski definition) is 11. The summed E-state index contributed by atoms with van der Waals surface area (Å²) in [6.07, 6.45) is 1.37. The van der Waals surface area contributed by atoms with Crippen LogP contribution in [0, 0.1) is 0 Å². The van der Waals surface area contributed by atoms with Crippen LogP contribution in [0.4, 0.5) is 5.13 Å². The normalized spacial score (nSPS) is 20.5. The van der Waals surface area contributed by atoms with Crippen molar-refractivity contribution in [1.82, 2.24) is 15.2 Å². The average Bonchev–Trinajstić information content (AvgIpc) is 3.22. The quantitative estimate of drug-likeness (QED) is 0.181. The number of carboxylic acids is 2. The van der Waals surface area contributed by atoms with Crippen LogP contribution in [0.25, 0.3) is 0 Å². The number of thiazole rings is 1. The summed E-state index contributed by atoms with van der Waals surface area (Å²) >= 11 is 2.18. The molecular weight excluding hydrogens is 454 g/mol. The van der Waals surface area contributed by atoms with Crippen molar-refractivity contribution < 1.29 is 39.4 Å². The summed E-state index contributed by atoms with van der Waals surface area (Å²) in [7, 11) is 0. The maximum Gasteiger partial charge on any atom is 0.352 e. The summed E-state index contributed by atoms with van der Waals surface area (Å²) in [6, 6.07) is -1.04. The summed E-state index contributed by atoms with van der Waals surface area (Å²) in [5.74, 6) is -3.85. The van der Waals surface area contributed by atoms with Crippen molar-refractivity contribution in [1.29, 1.82) is 0 Å². The van der Waals surface area contributed by atoms with Gasteiger partial charge in [-0.3, -0.25) is 19.7 Å². The Bertz CT molecular complexity index is 1020. The van der Waals surface area contributed by atoms with Crippen molar-refractivity contribution in [2.45, 2.75) is 11.4 Å². The fourth-order valence-electron chi connectivity index (χ4n) is 2.80. The number of thioether (sulfide) groups is 1. The third-order valence-corrected chi connectivity index (χ3v) is 6.18. The van der Waals surface area contributed by atoms with E-state index in [1.807, 2.05) is 0 Å². The molecule has 3 rings (SSSR count). The maximum atomic E-state index is 12.8. The fraction of sp³-hybridized carbons (Fsp3) is 0.250. The van der Waals surface area contributed by atoms with Crippen LogP contribution in [0.2, 0.25) is 0 Å². The Labute approximate surface area is 182 Å². The molecule has 0 unspecified atom stereocenters. The Morgan fingerprint density at radius 2 is 2.16 bits per heavy atom. The minimum Gasteiger partial charge on any atom is -0.479 e. The summed E-state index contributed by atoms with van der Waals surface area (Å²) < 4.78 is 0. The first-order valence-electron chi connectivity index (χ1n) is 8.40. The number of β-lactam (4-membered cyclic amide) rings is 1. The molecule has 1 aromatic heterocycles. The Morgan fingerprint density at radius 1 is 1.42 bits per heavy atom. The summed E-state index contributed by atoms with van der Waals surface area (Å²) in [6.45, 7) is 2.74. The molecule has 3 heterocycles. The predicted octanol–water partition coefficient (Wildman–Crippen LogP) is -0.326. The van der Waals surface area contributed by atoms with Gasteiger partial charge < -0.3 is 20.4 Å². The van der Waals surface area contributed by atoms with Crippen LogP contribution in [-0.2, 0) is 24.0 Å². The fourth-order valence-corrected chi connectivity index (χ4v) is 4.73. The molecule has 0 bridgehead atoms. The number of anilines is 1. The molecule has 5 N–H and O–H groups in total. The van der Waals surface area contributed by atoms with Crippen molar-refractivity contribution in [2.75, 3.05) is 17.8 Å². The van der Waals surface area contributed by atoms with E-state index >= 15 is 0 Å². The van der Waals surface area contributed by atoms with Gasteiger partial charge in [-0.15, -0.1) is 23.1 Å². The maximum absolute atomic E-state index is 12.8. The lowest BCUT2D eigenvalue weighted by Crippen LogP contribution is -2.71. The van der Waals surface area contributed by atoms with Crippen molar-refractivity contribution >= 4 is 57.7 Å². The SMILES string of the molecule is C=CC1=C(C(=O)O)N2C(=O)[C@@H](NC(=O)/C(=N\OCC(=O)O)c3csc(NO)n3)[C@H]2SC1. The van der Waals surface area contributed by atoms with Gasteiger partial charge in [0.25, 0.3) is 11.8 Å². The smallest absolute Gasteiger partial charge is 0.352 e. The van der Waals surface area contributed by atoms with Crippen LogP contribution in [0.3, 0.4) is 0 Å². The minimum absolute atomic E-state index is 0.0376. The molecule has 164 valence electrons. The van der Waals surface area contributed by atoms with Gasteiger partial charge in [0.15, 0.2) is 5.71 Å². The molecule has 0 aromatic carbocycles. The molecule has 0 saturated carbocycles. The van der Waals surface area contributed by atoms with Gasteiger partial charge in [-0.05, 0) is 5.57 Å². The second kappa shape index (κ2) is 9.15. The summed E-state index contributed by atoms with van der Waals surface area (Å²) in [4.78, 5) is 57.2. The van der Waals surface area contributed by atoms with Gasteiger partial charge in [0.1, 0.15) is 22.8 Å². The van der Waals surface area contributed by atoms with Gasteiger partial charge >= 0.3 is 11.9 Å². The number of nitrogens with one attached hydrogen (secondary N) is 2. The van der Waals surface area contributed by atoms with Crippen LogP contribution in [-0.4, -0.2) is 78.5 Å². The number of allylic oxidation sites excluding steroid dienone is 1.